The molecule has 1 amide bonds. The monoisotopic (exact) mass is 285 g/mol. The largest absolute Gasteiger partial charge is 0.497 e. The van der Waals surface area contributed by atoms with E-state index in [1.165, 1.54) is 7.11 Å². The molecule has 1 aromatic rings. The number of ether oxygens (including phenoxy) is 2. The summed E-state index contributed by atoms with van der Waals surface area (Å²) in [7, 11) is 3.09. The quantitative estimate of drug-likeness (QED) is 0.818. The van der Waals surface area contributed by atoms with Crippen molar-refractivity contribution in [3.63, 3.8) is 0 Å². The summed E-state index contributed by atoms with van der Waals surface area (Å²) in [5.41, 5.74) is 0.120. The SMILES string of the molecule is COc1ccc(C(=O)NC(C)(C)CCCl)c(OC)c1. The lowest BCUT2D eigenvalue weighted by molar-refractivity contribution is 0.0908. The maximum absolute atomic E-state index is 12.2. The molecule has 106 valence electrons. The molecular weight excluding hydrogens is 266 g/mol. The zero-order valence-corrected chi connectivity index (χ0v) is 12.5. The molecule has 0 aliphatic heterocycles. The van der Waals surface area contributed by atoms with Crippen LogP contribution >= 0.6 is 11.6 Å². The molecule has 0 aliphatic carbocycles. The highest BCUT2D eigenvalue weighted by Crippen LogP contribution is 2.25. The average Bonchev–Trinajstić information content (AvgIpc) is 2.37. The van der Waals surface area contributed by atoms with E-state index in [1.54, 1.807) is 25.3 Å². The number of rotatable bonds is 6. The van der Waals surface area contributed by atoms with Crippen LogP contribution in [0.15, 0.2) is 18.2 Å². The summed E-state index contributed by atoms with van der Waals surface area (Å²) in [5.74, 6) is 1.44. The summed E-state index contributed by atoms with van der Waals surface area (Å²) >= 11 is 5.72. The molecule has 0 bridgehead atoms. The Morgan fingerprint density at radius 3 is 2.53 bits per heavy atom. The van der Waals surface area contributed by atoms with Gasteiger partial charge in [0.1, 0.15) is 11.5 Å². The maximum Gasteiger partial charge on any atom is 0.255 e. The third kappa shape index (κ3) is 4.31. The lowest BCUT2D eigenvalue weighted by Crippen LogP contribution is -2.43. The van der Waals surface area contributed by atoms with Crippen LogP contribution in [-0.4, -0.2) is 31.5 Å². The van der Waals surface area contributed by atoms with Crippen LogP contribution in [0.1, 0.15) is 30.6 Å². The van der Waals surface area contributed by atoms with Crippen LogP contribution in [-0.2, 0) is 0 Å². The smallest absolute Gasteiger partial charge is 0.255 e. The van der Waals surface area contributed by atoms with Gasteiger partial charge in [0.2, 0.25) is 0 Å². The number of nitrogens with one attached hydrogen (secondary N) is 1. The van der Waals surface area contributed by atoms with Crippen molar-refractivity contribution in [1.82, 2.24) is 5.32 Å². The molecule has 0 fully saturated rings. The molecule has 0 radical (unpaired) electrons. The third-order valence-corrected chi connectivity index (χ3v) is 3.01. The molecule has 1 N–H and O–H groups in total. The summed E-state index contributed by atoms with van der Waals surface area (Å²) in [6.07, 6.45) is 0.693. The Bertz CT molecular complexity index is 446. The van der Waals surface area contributed by atoms with Gasteiger partial charge >= 0.3 is 0 Å². The first-order valence-corrected chi connectivity index (χ1v) is 6.57. The Labute approximate surface area is 119 Å². The Hall–Kier alpha value is -1.42. The topological polar surface area (TPSA) is 47.6 Å². The number of halogens is 1. The van der Waals surface area contributed by atoms with Crippen molar-refractivity contribution < 1.29 is 14.3 Å². The van der Waals surface area contributed by atoms with Crippen LogP contribution in [0.3, 0.4) is 0 Å². The molecule has 0 atom stereocenters. The van der Waals surface area contributed by atoms with Crippen molar-refractivity contribution in [2.24, 2.45) is 0 Å². The molecule has 0 saturated heterocycles. The molecule has 0 heterocycles. The number of methoxy groups -OCH3 is 2. The van der Waals surface area contributed by atoms with Gasteiger partial charge in [-0.25, -0.2) is 0 Å². The highest BCUT2D eigenvalue weighted by atomic mass is 35.5. The molecule has 0 aromatic heterocycles. The van der Waals surface area contributed by atoms with E-state index in [0.717, 1.165) is 0 Å². The lowest BCUT2D eigenvalue weighted by atomic mass is 10.0. The predicted molar refractivity (Wildman–Crippen MR) is 76.4 cm³/mol. The third-order valence-electron chi connectivity index (χ3n) is 2.82. The molecular formula is C14H20ClNO3. The van der Waals surface area contributed by atoms with Crippen LogP contribution < -0.4 is 14.8 Å². The average molecular weight is 286 g/mol. The van der Waals surface area contributed by atoms with Gasteiger partial charge < -0.3 is 14.8 Å². The van der Waals surface area contributed by atoms with Crippen LogP contribution in [0.4, 0.5) is 0 Å². The molecule has 4 nitrogen and oxygen atoms in total. The van der Waals surface area contributed by atoms with Crippen molar-refractivity contribution in [1.29, 1.82) is 0 Å². The summed E-state index contributed by atoms with van der Waals surface area (Å²) in [6.45, 7) is 3.87. The van der Waals surface area contributed by atoms with Crippen LogP contribution in [0, 0.1) is 0 Å². The second-order valence-electron chi connectivity index (χ2n) is 4.84. The summed E-state index contributed by atoms with van der Waals surface area (Å²) in [4.78, 5) is 12.2. The van der Waals surface area contributed by atoms with Gasteiger partial charge in [0.25, 0.3) is 5.91 Å². The summed E-state index contributed by atoms with van der Waals surface area (Å²) in [6, 6.07) is 5.10. The predicted octanol–water partition coefficient (Wildman–Crippen LogP) is 2.84. The fraction of sp³-hybridized carbons (Fsp3) is 0.500. The molecule has 0 saturated carbocycles. The second-order valence-corrected chi connectivity index (χ2v) is 5.22. The van der Waals surface area contributed by atoms with E-state index in [1.807, 2.05) is 13.8 Å². The van der Waals surface area contributed by atoms with Crippen molar-refractivity contribution >= 4 is 17.5 Å². The summed E-state index contributed by atoms with van der Waals surface area (Å²) in [5, 5.41) is 2.94. The van der Waals surface area contributed by atoms with Crippen LogP contribution in [0.5, 0.6) is 11.5 Å². The zero-order chi connectivity index (χ0) is 14.5. The standard InChI is InChI=1S/C14H20ClNO3/c1-14(2,7-8-15)16-13(17)11-6-5-10(18-3)9-12(11)19-4/h5-6,9H,7-8H2,1-4H3,(H,16,17). The number of alkyl halides is 1. The first-order chi connectivity index (χ1) is 8.93. The first-order valence-electron chi connectivity index (χ1n) is 6.04. The summed E-state index contributed by atoms with van der Waals surface area (Å²) < 4.78 is 10.3. The fourth-order valence-corrected chi connectivity index (χ4v) is 2.13. The van der Waals surface area contributed by atoms with E-state index in [0.29, 0.717) is 29.4 Å². The van der Waals surface area contributed by atoms with Crippen molar-refractivity contribution in [3.8, 4) is 11.5 Å². The normalized spacial score (nSPS) is 11.0. The molecule has 5 heteroatoms. The Morgan fingerprint density at radius 2 is 2.00 bits per heavy atom. The number of hydrogen-bond donors (Lipinski definition) is 1. The maximum atomic E-state index is 12.2. The Kier molecular flexibility index (Phi) is 5.48. The molecule has 19 heavy (non-hydrogen) atoms. The second kappa shape index (κ2) is 6.66. The van der Waals surface area contributed by atoms with E-state index >= 15 is 0 Å². The van der Waals surface area contributed by atoms with Gasteiger partial charge in [0.05, 0.1) is 19.8 Å². The van der Waals surface area contributed by atoms with Crippen LogP contribution in [0.25, 0.3) is 0 Å². The minimum Gasteiger partial charge on any atom is -0.497 e. The minimum atomic E-state index is -0.357. The number of carbonyl (C=O) groups excluding carboxylic acids is 1. The number of amides is 1. The number of hydrogen-bond acceptors (Lipinski definition) is 3. The van der Waals surface area contributed by atoms with Crippen molar-refractivity contribution in [3.05, 3.63) is 23.8 Å². The number of benzene rings is 1. The Morgan fingerprint density at radius 1 is 1.32 bits per heavy atom. The fourth-order valence-electron chi connectivity index (χ4n) is 1.66. The van der Waals surface area contributed by atoms with E-state index in [2.05, 4.69) is 5.32 Å². The Balaban J connectivity index is 2.93. The molecule has 1 aromatic carbocycles. The molecule has 1 rings (SSSR count). The van der Waals surface area contributed by atoms with Crippen molar-refractivity contribution in [2.45, 2.75) is 25.8 Å². The first kappa shape index (κ1) is 15.6. The van der Waals surface area contributed by atoms with Gasteiger partial charge in [-0.05, 0) is 32.4 Å². The van der Waals surface area contributed by atoms with Gasteiger partial charge in [-0.1, -0.05) is 0 Å². The van der Waals surface area contributed by atoms with E-state index in [-0.39, 0.29) is 11.4 Å². The lowest BCUT2D eigenvalue weighted by Gasteiger charge is -2.25. The van der Waals surface area contributed by atoms with Gasteiger partial charge in [0, 0.05) is 17.5 Å². The molecule has 0 aliphatic rings. The highest BCUT2D eigenvalue weighted by molar-refractivity contribution is 6.17. The van der Waals surface area contributed by atoms with Crippen LogP contribution in [0.2, 0.25) is 0 Å². The van der Waals surface area contributed by atoms with E-state index in [9.17, 15) is 4.79 Å². The molecule has 0 unspecified atom stereocenters. The van der Waals surface area contributed by atoms with E-state index < -0.39 is 0 Å². The zero-order valence-electron chi connectivity index (χ0n) is 11.7. The minimum absolute atomic E-state index is 0.186. The van der Waals surface area contributed by atoms with Gasteiger partial charge in [0.15, 0.2) is 0 Å². The molecule has 0 spiro atoms. The van der Waals surface area contributed by atoms with Gasteiger partial charge in [-0.2, -0.15) is 0 Å². The van der Waals surface area contributed by atoms with E-state index in [4.69, 9.17) is 21.1 Å². The number of carbonyl (C=O) groups is 1. The van der Waals surface area contributed by atoms with Gasteiger partial charge in [-0.3, -0.25) is 4.79 Å². The van der Waals surface area contributed by atoms with Gasteiger partial charge in [-0.15, -0.1) is 11.6 Å². The highest BCUT2D eigenvalue weighted by Gasteiger charge is 2.22. The van der Waals surface area contributed by atoms with Crippen molar-refractivity contribution in [2.75, 3.05) is 20.1 Å².